The molecule has 0 heterocycles. The molecule has 41 valence electrons. The molecule has 0 aliphatic heterocycles. The standard InChI is InChI=1S/C6H11O/c1-5(7)6-3-2-4-6/h5-6H,2-4H2,1H3. The largest absolute Gasteiger partial charge is 0.233 e. The lowest BCUT2D eigenvalue weighted by atomic mass is 9.82. The topological polar surface area (TPSA) is 19.9 Å². The monoisotopic (exact) mass is 99.1 g/mol. The van der Waals surface area contributed by atoms with E-state index in [1.807, 2.05) is 0 Å². The average Bonchev–Trinajstić information content (AvgIpc) is 1.23. The van der Waals surface area contributed by atoms with E-state index in [4.69, 9.17) is 0 Å². The van der Waals surface area contributed by atoms with Gasteiger partial charge in [-0.25, -0.2) is 5.11 Å². The molecule has 0 aromatic rings. The summed E-state index contributed by atoms with van der Waals surface area (Å²) in [6.07, 6.45) is 3.36. The fourth-order valence-corrected chi connectivity index (χ4v) is 0.909. The lowest BCUT2D eigenvalue weighted by Gasteiger charge is -2.26. The van der Waals surface area contributed by atoms with Crippen LogP contribution in [-0.2, 0) is 5.11 Å². The third-order valence-corrected chi connectivity index (χ3v) is 1.81. The second kappa shape index (κ2) is 1.83. The fraction of sp³-hybridized carbons (Fsp3) is 1.00. The highest BCUT2D eigenvalue weighted by molar-refractivity contribution is 4.73. The smallest absolute Gasteiger partial charge is 0.0930 e. The van der Waals surface area contributed by atoms with Gasteiger partial charge in [0.2, 0.25) is 0 Å². The molecule has 1 saturated carbocycles. The van der Waals surface area contributed by atoms with Crippen molar-refractivity contribution in [2.45, 2.75) is 32.3 Å². The van der Waals surface area contributed by atoms with Crippen LogP contribution in [0.25, 0.3) is 0 Å². The highest BCUT2D eigenvalue weighted by Crippen LogP contribution is 2.29. The Morgan fingerprint density at radius 3 is 2.14 bits per heavy atom. The quantitative estimate of drug-likeness (QED) is 0.476. The minimum atomic E-state index is -0.297. The van der Waals surface area contributed by atoms with Gasteiger partial charge in [-0.1, -0.05) is 6.42 Å². The van der Waals surface area contributed by atoms with Crippen molar-refractivity contribution in [3.63, 3.8) is 0 Å². The molecule has 1 atom stereocenters. The molecule has 0 aromatic heterocycles. The minimum absolute atomic E-state index is 0.297. The van der Waals surface area contributed by atoms with Gasteiger partial charge in [0.25, 0.3) is 0 Å². The van der Waals surface area contributed by atoms with Crippen LogP contribution in [-0.4, -0.2) is 6.10 Å². The first kappa shape index (κ1) is 5.10. The lowest BCUT2D eigenvalue weighted by molar-refractivity contribution is 0.0185. The van der Waals surface area contributed by atoms with Crippen molar-refractivity contribution >= 4 is 0 Å². The summed E-state index contributed by atoms with van der Waals surface area (Å²) in [5.74, 6) is 0.528. The predicted molar refractivity (Wildman–Crippen MR) is 27.5 cm³/mol. The van der Waals surface area contributed by atoms with E-state index < -0.39 is 0 Å². The molecule has 1 heteroatoms. The Hall–Kier alpha value is -0.0400. The van der Waals surface area contributed by atoms with Gasteiger partial charge in [0, 0.05) is 0 Å². The van der Waals surface area contributed by atoms with Crippen LogP contribution >= 0.6 is 0 Å². The molecule has 1 fully saturated rings. The summed E-state index contributed by atoms with van der Waals surface area (Å²) in [7, 11) is 0. The molecule has 0 N–H and O–H groups in total. The van der Waals surface area contributed by atoms with E-state index in [2.05, 4.69) is 0 Å². The van der Waals surface area contributed by atoms with Crippen LogP contribution in [0, 0.1) is 5.92 Å². The summed E-state index contributed by atoms with van der Waals surface area (Å²) in [4.78, 5) is 0. The highest BCUT2D eigenvalue weighted by Gasteiger charge is 2.22. The van der Waals surface area contributed by atoms with Crippen molar-refractivity contribution in [3.05, 3.63) is 0 Å². The van der Waals surface area contributed by atoms with Crippen LogP contribution in [0.3, 0.4) is 0 Å². The molecule has 7 heavy (non-hydrogen) atoms. The van der Waals surface area contributed by atoms with E-state index in [0.29, 0.717) is 5.92 Å². The maximum absolute atomic E-state index is 10.5. The van der Waals surface area contributed by atoms with Gasteiger partial charge >= 0.3 is 0 Å². The summed E-state index contributed by atoms with van der Waals surface area (Å²) in [5.41, 5.74) is 0. The molecule has 0 spiro atoms. The minimum Gasteiger partial charge on any atom is -0.233 e. The maximum Gasteiger partial charge on any atom is 0.0930 e. The third-order valence-electron chi connectivity index (χ3n) is 1.81. The van der Waals surface area contributed by atoms with E-state index in [9.17, 15) is 5.11 Å². The van der Waals surface area contributed by atoms with E-state index in [1.54, 1.807) is 6.92 Å². The van der Waals surface area contributed by atoms with Gasteiger partial charge in [0.15, 0.2) is 0 Å². The summed E-state index contributed by atoms with van der Waals surface area (Å²) in [6.45, 7) is 1.77. The second-order valence-corrected chi connectivity index (χ2v) is 2.40. The summed E-state index contributed by atoms with van der Waals surface area (Å²) >= 11 is 0. The lowest BCUT2D eigenvalue weighted by Crippen LogP contribution is -2.22. The number of hydrogen-bond acceptors (Lipinski definition) is 0. The van der Waals surface area contributed by atoms with Crippen molar-refractivity contribution in [2.75, 3.05) is 0 Å². The number of hydrogen-bond donors (Lipinski definition) is 0. The summed E-state index contributed by atoms with van der Waals surface area (Å²) in [5, 5.41) is 10.5. The normalized spacial score (nSPS) is 26.6. The molecule has 0 amide bonds. The first-order chi connectivity index (χ1) is 3.30. The van der Waals surface area contributed by atoms with Crippen molar-refractivity contribution < 1.29 is 5.11 Å². The first-order valence-corrected chi connectivity index (χ1v) is 2.96. The van der Waals surface area contributed by atoms with E-state index >= 15 is 0 Å². The van der Waals surface area contributed by atoms with Crippen LogP contribution in [0.15, 0.2) is 0 Å². The Bertz CT molecular complexity index is 55.2. The highest BCUT2D eigenvalue weighted by atomic mass is 16.3. The zero-order chi connectivity index (χ0) is 5.28. The zero-order valence-corrected chi connectivity index (χ0v) is 4.68. The predicted octanol–water partition coefficient (Wildman–Crippen LogP) is 1.61. The second-order valence-electron chi connectivity index (χ2n) is 2.40. The van der Waals surface area contributed by atoms with Crippen molar-refractivity contribution in [3.8, 4) is 0 Å². The molecular weight excluding hydrogens is 88.1 g/mol. The van der Waals surface area contributed by atoms with Gasteiger partial charge in [-0.05, 0) is 25.7 Å². The van der Waals surface area contributed by atoms with Gasteiger partial charge < -0.3 is 0 Å². The van der Waals surface area contributed by atoms with E-state index in [1.165, 1.54) is 19.3 Å². The molecule has 0 aromatic carbocycles. The molecule has 1 radical (unpaired) electrons. The van der Waals surface area contributed by atoms with Crippen LogP contribution in [0.1, 0.15) is 26.2 Å². The molecular formula is C6H11O. The molecule has 1 unspecified atom stereocenters. The molecule has 0 bridgehead atoms. The van der Waals surface area contributed by atoms with E-state index in [0.717, 1.165) is 0 Å². The Kier molecular flexibility index (Phi) is 1.33. The van der Waals surface area contributed by atoms with Crippen LogP contribution in [0.4, 0.5) is 0 Å². The SMILES string of the molecule is CC([O])C1CCC1. The Balaban J connectivity index is 2.14. The van der Waals surface area contributed by atoms with Crippen molar-refractivity contribution in [1.29, 1.82) is 0 Å². The Labute approximate surface area is 44.4 Å². The molecule has 0 saturated heterocycles. The van der Waals surface area contributed by atoms with Gasteiger partial charge in [-0.2, -0.15) is 0 Å². The van der Waals surface area contributed by atoms with Gasteiger partial charge in [0.05, 0.1) is 6.10 Å². The summed E-state index contributed by atoms with van der Waals surface area (Å²) in [6, 6.07) is 0. The third kappa shape index (κ3) is 0.942. The van der Waals surface area contributed by atoms with Crippen LogP contribution in [0.2, 0.25) is 0 Å². The van der Waals surface area contributed by atoms with Crippen LogP contribution in [0.5, 0.6) is 0 Å². The van der Waals surface area contributed by atoms with Gasteiger partial charge in [-0.3, -0.25) is 0 Å². The Morgan fingerprint density at radius 1 is 1.57 bits per heavy atom. The molecule has 1 rings (SSSR count). The molecule has 1 nitrogen and oxygen atoms in total. The zero-order valence-electron chi connectivity index (χ0n) is 4.68. The van der Waals surface area contributed by atoms with Crippen molar-refractivity contribution in [1.82, 2.24) is 0 Å². The first-order valence-electron chi connectivity index (χ1n) is 2.96. The van der Waals surface area contributed by atoms with Crippen molar-refractivity contribution in [2.24, 2.45) is 5.92 Å². The Morgan fingerprint density at radius 2 is 2.14 bits per heavy atom. The van der Waals surface area contributed by atoms with Gasteiger partial charge in [0.1, 0.15) is 0 Å². The molecule has 1 aliphatic rings. The molecule has 1 aliphatic carbocycles. The maximum atomic E-state index is 10.5. The average molecular weight is 99.2 g/mol. The number of rotatable bonds is 1. The van der Waals surface area contributed by atoms with Crippen LogP contribution < -0.4 is 0 Å². The fourth-order valence-electron chi connectivity index (χ4n) is 0.909. The van der Waals surface area contributed by atoms with E-state index in [-0.39, 0.29) is 6.10 Å². The van der Waals surface area contributed by atoms with Gasteiger partial charge in [-0.15, -0.1) is 0 Å². The summed E-state index contributed by atoms with van der Waals surface area (Å²) < 4.78 is 0.